The van der Waals surface area contributed by atoms with Crippen LogP contribution in [0, 0.1) is 5.92 Å². The molecule has 1 amide bonds. The van der Waals surface area contributed by atoms with Gasteiger partial charge in [0.2, 0.25) is 0 Å². The second-order valence-electron chi connectivity index (χ2n) is 7.67. The number of hydrogen-bond acceptors (Lipinski definition) is 4. The first kappa shape index (κ1) is 17.9. The Labute approximate surface area is 139 Å². The van der Waals surface area contributed by atoms with E-state index in [0.29, 0.717) is 29.8 Å². The molecule has 0 radical (unpaired) electrons. The molecule has 0 aromatic heterocycles. The van der Waals surface area contributed by atoms with Crippen LogP contribution in [-0.2, 0) is 4.74 Å². The molecule has 2 N–H and O–H groups in total. The molecule has 3 unspecified atom stereocenters. The Bertz CT molecular complexity index is 364. The molecule has 0 aromatic rings. The van der Waals surface area contributed by atoms with Gasteiger partial charge in [-0.1, -0.05) is 19.8 Å². The smallest absolute Gasteiger partial charge is 0.407 e. The maximum atomic E-state index is 11.9. The van der Waals surface area contributed by atoms with Crippen LogP contribution in [0.15, 0.2) is 0 Å². The number of nitrogens with one attached hydrogen (secondary N) is 2. The normalized spacial score (nSPS) is 27.8. The van der Waals surface area contributed by atoms with Crippen molar-refractivity contribution in [2.24, 2.45) is 5.92 Å². The summed E-state index contributed by atoms with van der Waals surface area (Å²) in [7, 11) is 0. The van der Waals surface area contributed by atoms with Crippen LogP contribution >= 0.6 is 11.8 Å². The van der Waals surface area contributed by atoms with Crippen molar-refractivity contribution in [2.75, 3.05) is 12.3 Å². The van der Waals surface area contributed by atoms with E-state index in [1.165, 1.54) is 37.9 Å². The van der Waals surface area contributed by atoms with Gasteiger partial charge in [0.15, 0.2) is 0 Å². The van der Waals surface area contributed by atoms with Crippen LogP contribution in [0.3, 0.4) is 0 Å². The lowest BCUT2D eigenvalue weighted by molar-refractivity contribution is 0.0517. The van der Waals surface area contributed by atoms with Crippen molar-refractivity contribution in [1.29, 1.82) is 0 Å². The van der Waals surface area contributed by atoms with E-state index < -0.39 is 5.60 Å². The standard InChI is InChI=1S/C17H32N2O2S/c1-12-14(9-10-22-12)19-15(13-7-5-6-8-13)11-18-16(20)21-17(2,3)4/h12-15,19H,5-11H2,1-4H3,(H,18,20). The molecule has 1 saturated heterocycles. The summed E-state index contributed by atoms with van der Waals surface area (Å²) >= 11 is 2.05. The molecular weight excluding hydrogens is 296 g/mol. The summed E-state index contributed by atoms with van der Waals surface area (Å²) in [6, 6.07) is 0.956. The monoisotopic (exact) mass is 328 g/mol. The Morgan fingerprint density at radius 2 is 1.95 bits per heavy atom. The minimum atomic E-state index is -0.434. The highest BCUT2D eigenvalue weighted by atomic mass is 32.2. The molecule has 0 aromatic carbocycles. The Balaban J connectivity index is 1.86. The van der Waals surface area contributed by atoms with Gasteiger partial charge in [-0.25, -0.2) is 4.79 Å². The first-order valence-corrected chi connectivity index (χ1v) is 9.74. The minimum Gasteiger partial charge on any atom is -0.444 e. The van der Waals surface area contributed by atoms with E-state index in [2.05, 4.69) is 17.6 Å². The van der Waals surface area contributed by atoms with E-state index in [4.69, 9.17) is 4.74 Å². The zero-order chi connectivity index (χ0) is 16.2. The summed E-state index contributed by atoms with van der Waals surface area (Å²) in [6.07, 6.45) is 6.14. The Morgan fingerprint density at radius 1 is 1.27 bits per heavy atom. The van der Waals surface area contributed by atoms with Gasteiger partial charge in [0.05, 0.1) is 0 Å². The molecule has 2 rings (SSSR count). The maximum Gasteiger partial charge on any atom is 0.407 e. The summed E-state index contributed by atoms with van der Waals surface area (Å²) in [6.45, 7) is 8.68. The summed E-state index contributed by atoms with van der Waals surface area (Å²) in [5.41, 5.74) is -0.434. The van der Waals surface area contributed by atoms with E-state index in [1.54, 1.807) is 0 Å². The fourth-order valence-electron chi connectivity index (χ4n) is 3.45. The molecular formula is C17H32N2O2S. The zero-order valence-corrected chi connectivity index (χ0v) is 15.3. The first-order chi connectivity index (χ1) is 10.3. The van der Waals surface area contributed by atoms with E-state index in [1.807, 2.05) is 32.5 Å². The fourth-order valence-corrected chi connectivity index (χ4v) is 4.66. The highest BCUT2D eigenvalue weighted by Gasteiger charge is 2.31. The van der Waals surface area contributed by atoms with Crippen molar-refractivity contribution in [3.05, 3.63) is 0 Å². The first-order valence-electron chi connectivity index (χ1n) is 8.69. The molecule has 4 nitrogen and oxygen atoms in total. The summed E-state index contributed by atoms with van der Waals surface area (Å²) < 4.78 is 5.36. The van der Waals surface area contributed by atoms with Crippen molar-refractivity contribution < 1.29 is 9.53 Å². The second kappa shape index (κ2) is 7.91. The number of thioether (sulfide) groups is 1. The number of carbonyl (C=O) groups is 1. The largest absolute Gasteiger partial charge is 0.444 e. The van der Waals surface area contributed by atoms with Crippen LogP contribution < -0.4 is 10.6 Å². The van der Waals surface area contributed by atoms with Gasteiger partial charge in [0.25, 0.3) is 0 Å². The van der Waals surface area contributed by atoms with Crippen molar-refractivity contribution >= 4 is 17.9 Å². The van der Waals surface area contributed by atoms with Crippen LogP contribution in [0.25, 0.3) is 0 Å². The highest BCUT2D eigenvalue weighted by molar-refractivity contribution is 8.00. The molecule has 128 valence electrons. The van der Waals surface area contributed by atoms with Gasteiger partial charge >= 0.3 is 6.09 Å². The average molecular weight is 329 g/mol. The number of carbonyl (C=O) groups excluding carboxylic acids is 1. The number of alkyl carbamates (subject to hydrolysis) is 1. The molecule has 0 spiro atoms. The lowest BCUT2D eigenvalue weighted by atomic mass is 9.96. The van der Waals surface area contributed by atoms with Crippen LogP contribution in [0.4, 0.5) is 4.79 Å². The minimum absolute atomic E-state index is 0.300. The molecule has 0 bridgehead atoms. The quantitative estimate of drug-likeness (QED) is 0.810. The molecule has 1 aliphatic carbocycles. The fraction of sp³-hybridized carbons (Fsp3) is 0.941. The third-order valence-electron chi connectivity index (χ3n) is 4.64. The van der Waals surface area contributed by atoms with Gasteiger partial charge in [-0.3, -0.25) is 0 Å². The van der Waals surface area contributed by atoms with E-state index >= 15 is 0 Å². The maximum absolute atomic E-state index is 11.9. The van der Waals surface area contributed by atoms with Crippen molar-refractivity contribution in [1.82, 2.24) is 10.6 Å². The summed E-state index contributed by atoms with van der Waals surface area (Å²) in [5, 5.41) is 7.48. The molecule has 22 heavy (non-hydrogen) atoms. The zero-order valence-electron chi connectivity index (χ0n) is 14.5. The van der Waals surface area contributed by atoms with Crippen LogP contribution in [0.1, 0.15) is 59.8 Å². The third-order valence-corrected chi connectivity index (χ3v) is 5.96. The van der Waals surface area contributed by atoms with Crippen molar-refractivity contribution in [2.45, 2.75) is 82.7 Å². The van der Waals surface area contributed by atoms with Crippen molar-refractivity contribution in [3.63, 3.8) is 0 Å². The molecule has 2 aliphatic rings. The van der Waals surface area contributed by atoms with E-state index in [0.717, 1.165) is 0 Å². The third kappa shape index (κ3) is 5.65. The predicted octanol–water partition coefficient (Wildman–Crippen LogP) is 3.55. The molecule has 1 aliphatic heterocycles. The lowest BCUT2D eigenvalue weighted by Crippen LogP contribution is -2.51. The molecule has 3 atom stereocenters. The van der Waals surface area contributed by atoms with Gasteiger partial charge < -0.3 is 15.4 Å². The number of ether oxygens (including phenoxy) is 1. The predicted molar refractivity (Wildman–Crippen MR) is 93.4 cm³/mol. The van der Waals surface area contributed by atoms with Crippen LogP contribution in [-0.4, -0.2) is 41.3 Å². The topological polar surface area (TPSA) is 50.4 Å². The Kier molecular flexibility index (Phi) is 6.45. The van der Waals surface area contributed by atoms with Gasteiger partial charge in [0.1, 0.15) is 5.60 Å². The Morgan fingerprint density at radius 3 is 2.50 bits per heavy atom. The molecule has 1 heterocycles. The Hall–Kier alpha value is -0.420. The molecule has 5 heteroatoms. The SMILES string of the molecule is CC1SCCC1NC(CNC(=O)OC(C)(C)C)C1CCCC1. The highest BCUT2D eigenvalue weighted by Crippen LogP contribution is 2.31. The molecule has 2 fully saturated rings. The van der Waals surface area contributed by atoms with E-state index in [9.17, 15) is 4.79 Å². The van der Waals surface area contributed by atoms with Gasteiger partial charge in [0, 0.05) is 23.9 Å². The average Bonchev–Trinajstić information content (AvgIpc) is 3.04. The lowest BCUT2D eigenvalue weighted by Gasteiger charge is -2.30. The van der Waals surface area contributed by atoms with Gasteiger partial charge in [-0.15, -0.1) is 0 Å². The number of rotatable bonds is 5. The van der Waals surface area contributed by atoms with Gasteiger partial charge in [-0.05, 0) is 51.7 Å². The van der Waals surface area contributed by atoms with Crippen LogP contribution in [0.2, 0.25) is 0 Å². The van der Waals surface area contributed by atoms with Crippen molar-refractivity contribution in [3.8, 4) is 0 Å². The van der Waals surface area contributed by atoms with Gasteiger partial charge in [-0.2, -0.15) is 11.8 Å². The number of hydrogen-bond donors (Lipinski definition) is 2. The van der Waals surface area contributed by atoms with E-state index in [-0.39, 0.29) is 6.09 Å². The van der Waals surface area contributed by atoms with Crippen LogP contribution in [0.5, 0.6) is 0 Å². The number of amides is 1. The second-order valence-corrected chi connectivity index (χ2v) is 9.16. The molecule has 1 saturated carbocycles. The summed E-state index contributed by atoms with van der Waals surface area (Å²) in [5.74, 6) is 1.93. The summed E-state index contributed by atoms with van der Waals surface area (Å²) in [4.78, 5) is 11.9.